The predicted molar refractivity (Wildman–Crippen MR) is 61.7 cm³/mol. The molecule has 6 nitrogen and oxygen atoms in total. The van der Waals surface area contributed by atoms with E-state index in [0.717, 1.165) is 0 Å². The van der Waals surface area contributed by atoms with Crippen LogP contribution in [0.25, 0.3) is 0 Å². The van der Waals surface area contributed by atoms with Gasteiger partial charge in [-0.3, -0.25) is 14.9 Å². The van der Waals surface area contributed by atoms with Crippen LogP contribution in [0, 0.1) is 22.0 Å². The summed E-state index contributed by atoms with van der Waals surface area (Å²) in [6.45, 7) is 1.74. The lowest BCUT2D eigenvalue weighted by molar-refractivity contribution is -0.385. The molecule has 0 saturated carbocycles. The Morgan fingerprint density at radius 1 is 1.71 bits per heavy atom. The van der Waals surface area contributed by atoms with E-state index >= 15 is 0 Å². The summed E-state index contributed by atoms with van der Waals surface area (Å²) in [5.74, 6) is 4.59. The molecule has 88 valence electrons. The Bertz CT molecular complexity index is 519. The van der Waals surface area contributed by atoms with E-state index in [1.54, 1.807) is 6.92 Å². The summed E-state index contributed by atoms with van der Waals surface area (Å²) in [7, 11) is 0. The minimum atomic E-state index is -0.740. The monoisotopic (exact) mass is 253 g/mol. The molecule has 1 rings (SSSR count). The number of nitrogens with one attached hydrogen (secondary N) is 1. The van der Waals surface area contributed by atoms with E-state index in [9.17, 15) is 14.9 Å². The number of aromatic nitrogens is 1. The quantitative estimate of drug-likeness (QED) is 0.382. The van der Waals surface area contributed by atoms with Crippen molar-refractivity contribution in [2.45, 2.75) is 6.92 Å². The Balaban J connectivity index is 3.03. The molecule has 0 aliphatic heterocycles. The largest absolute Gasteiger partial charge is 0.341 e. The molecule has 17 heavy (non-hydrogen) atoms. The van der Waals surface area contributed by atoms with Gasteiger partial charge in [-0.1, -0.05) is 17.5 Å². The van der Waals surface area contributed by atoms with E-state index in [1.807, 2.05) is 0 Å². The number of amides is 1. The van der Waals surface area contributed by atoms with Crippen LogP contribution in [0.1, 0.15) is 17.3 Å². The highest BCUT2D eigenvalue weighted by Crippen LogP contribution is 2.25. The molecule has 0 atom stereocenters. The van der Waals surface area contributed by atoms with Gasteiger partial charge in [0, 0.05) is 6.20 Å². The van der Waals surface area contributed by atoms with E-state index in [-0.39, 0.29) is 17.3 Å². The fraction of sp³-hybridized carbons (Fsp3) is 0.200. The van der Waals surface area contributed by atoms with Crippen LogP contribution in [0.2, 0.25) is 5.15 Å². The topological polar surface area (TPSA) is 85.1 Å². The molecule has 0 aliphatic rings. The maximum absolute atomic E-state index is 11.6. The fourth-order valence-corrected chi connectivity index (χ4v) is 1.32. The highest BCUT2D eigenvalue weighted by Gasteiger charge is 2.24. The van der Waals surface area contributed by atoms with Crippen LogP contribution in [0.15, 0.2) is 12.3 Å². The highest BCUT2D eigenvalue weighted by molar-refractivity contribution is 6.32. The summed E-state index contributed by atoms with van der Waals surface area (Å²) >= 11 is 5.57. The number of halogens is 1. The van der Waals surface area contributed by atoms with Crippen molar-refractivity contribution in [2.75, 3.05) is 6.54 Å². The number of hydrogen-bond donors (Lipinski definition) is 1. The maximum atomic E-state index is 11.6. The molecule has 0 saturated heterocycles. The zero-order chi connectivity index (χ0) is 12.8. The second-order valence-electron chi connectivity index (χ2n) is 2.86. The van der Waals surface area contributed by atoms with Gasteiger partial charge in [0.1, 0.15) is 5.56 Å². The molecule has 1 aromatic heterocycles. The zero-order valence-corrected chi connectivity index (χ0v) is 9.61. The molecule has 1 heterocycles. The molecule has 0 spiro atoms. The minimum Gasteiger partial charge on any atom is -0.341 e. The van der Waals surface area contributed by atoms with E-state index in [1.165, 1.54) is 12.3 Å². The Hall–Kier alpha value is -2.13. The van der Waals surface area contributed by atoms with Crippen molar-refractivity contribution in [3.8, 4) is 11.8 Å². The number of nitro groups is 1. The van der Waals surface area contributed by atoms with Crippen LogP contribution >= 0.6 is 11.6 Å². The van der Waals surface area contributed by atoms with Crippen LogP contribution in [0.5, 0.6) is 0 Å². The van der Waals surface area contributed by atoms with Crippen molar-refractivity contribution in [1.29, 1.82) is 0 Å². The van der Waals surface area contributed by atoms with Gasteiger partial charge in [-0.15, -0.1) is 5.92 Å². The molecule has 0 fully saturated rings. The molecule has 1 amide bonds. The summed E-state index contributed by atoms with van der Waals surface area (Å²) in [5, 5.41) is 12.9. The molecule has 1 N–H and O–H groups in total. The van der Waals surface area contributed by atoms with Gasteiger partial charge in [-0.05, 0) is 13.0 Å². The van der Waals surface area contributed by atoms with Crippen LogP contribution in [-0.2, 0) is 0 Å². The number of hydrogen-bond acceptors (Lipinski definition) is 4. The number of rotatable bonds is 3. The van der Waals surface area contributed by atoms with Gasteiger partial charge in [0.25, 0.3) is 5.91 Å². The normalized spacial score (nSPS) is 9.06. The SMILES string of the molecule is CC#CCNC(=O)c1ccnc(Cl)c1[N+](=O)[O-]. The van der Waals surface area contributed by atoms with Crippen molar-refractivity contribution < 1.29 is 9.72 Å². The molecule has 0 unspecified atom stereocenters. The third kappa shape index (κ3) is 3.16. The third-order valence-corrected chi connectivity index (χ3v) is 2.10. The Morgan fingerprint density at radius 2 is 2.41 bits per heavy atom. The summed E-state index contributed by atoms with van der Waals surface area (Å²) in [6.07, 6.45) is 1.23. The second kappa shape index (κ2) is 5.82. The van der Waals surface area contributed by atoms with Crippen molar-refractivity contribution in [2.24, 2.45) is 0 Å². The first-order valence-corrected chi connectivity index (χ1v) is 4.92. The lowest BCUT2D eigenvalue weighted by Gasteiger charge is -2.03. The van der Waals surface area contributed by atoms with E-state index in [4.69, 9.17) is 11.6 Å². The van der Waals surface area contributed by atoms with Gasteiger partial charge in [0.05, 0.1) is 11.5 Å². The van der Waals surface area contributed by atoms with Crippen LogP contribution < -0.4 is 5.32 Å². The number of pyridine rings is 1. The Morgan fingerprint density at radius 3 is 3.00 bits per heavy atom. The second-order valence-corrected chi connectivity index (χ2v) is 3.22. The lowest BCUT2D eigenvalue weighted by Crippen LogP contribution is -2.24. The first-order valence-electron chi connectivity index (χ1n) is 4.54. The fourth-order valence-electron chi connectivity index (χ4n) is 1.09. The summed E-state index contributed by atoms with van der Waals surface area (Å²) in [5.41, 5.74) is -0.635. The summed E-state index contributed by atoms with van der Waals surface area (Å²) < 4.78 is 0. The van der Waals surface area contributed by atoms with Crippen molar-refractivity contribution in [3.05, 3.63) is 33.1 Å². The standard InChI is InChI=1S/C10H8ClN3O3/c1-2-3-5-13-10(15)7-4-6-12-9(11)8(7)14(16)17/h4,6H,5H2,1H3,(H,13,15). The molecule has 0 aromatic carbocycles. The Kier molecular flexibility index (Phi) is 4.43. The van der Waals surface area contributed by atoms with Gasteiger partial charge in [-0.2, -0.15) is 0 Å². The van der Waals surface area contributed by atoms with Crippen molar-refractivity contribution in [3.63, 3.8) is 0 Å². The van der Waals surface area contributed by atoms with Gasteiger partial charge in [0.15, 0.2) is 0 Å². The summed E-state index contributed by atoms with van der Waals surface area (Å²) in [6, 6.07) is 1.23. The first kappa shape index (κ1) is 12.9. The molecule has 7 heteroatoms. The van der Waals surface area contributed by atoms with E-state index in [0.29, 0.717) is 0 Å². The van der Waals surface area contributed by atoms with Gasteiger partial charge in [0.2, 0.25) is 5.15 Å². The molecule has 1 aromatic rings. The van der Waals surface area contributed by atoms with E-state index in [2.05, 4.69) is 22.1 Å². The van der Waals surface area contributed by atoms with Crippen LogP contribution in [0.4, 0.5) is 5.69 Å². The number of nitrogens with zero attached hydrogens (tertiary/aromatic N) is 2. The molecule has 0 bridgehead atoms. The van der Waals surface area contributed by atoms with Crippen molar-refractivity contribution in [1.82, 2.24) is 10.3 Å². The molecule has 0 aliphatic carbocycles. The molecular weight excluding hydrogens is 246 g/mol. The maximum Gasteiger partial charge on any atom is 0.319 e. The van der Waals surface area contributed by atoms with Gasteiger partial charge < -0.3 is 5.32 Å². The first-order chi connectivity index (χ1) is 8.07. The molecule has 0 radical (unpaired) electrons. The number of carbonyl (C=O) groups excluding carboxylic acids is 1. The van der Waals surface area contributed by atoms with Gasteiger partial charge in [-0.25, -0.2) is 4.98 Å². The van der Waals surface area contributed by atoms with Crippen LogP contribution in [0.3, 0.4) is 0 Å². The smallest absolute Gasteiger partial charge is 0.319 e. The predicted octanol–water partition coefficient (Wildman–Crippen LogP) is 1.40. The van der Waals surface area contributed by atoms with E-state index < -0.39 is 16.5 Å². The van der Waals surface area contributed by atoms with Crippen LogP contribution in [-0.4, -0.2) is 22.4 Å². The average molecular weight is 254 g/mol. The number of carbonyl (C=O) groups is 1. The van der Waals surface area contributed by atoms with Crippen molar-refractivity contribution >= 4 is 23.2 Å². The average Bonchev–Trinajstić information content (AvgIpc) is 2.28. The zero-order valence-electron chi connectivity index (χ0n) is 8.86. The Labute approximate surface area is 102 Å². The highest BCUT2D eigenvalue weighted by atomic mass is 35.5. The third-order valence-electron chi connectivity index (χ3n) is 1.82. The minimum absolute atomic E-state index is 0.117. The van der Waals surface area contributed by atoms with Gasteiger partial charge >= 0.3 is 5.69 Å². The summed E-state index contributed by atoms with van der Waals surface area (Å²) in [4.78, 5) is 25.2. The molecular formula is C10H8ClN3O3. The lowest BCUT2D eigenvalue weighted by atomic mass is 10.2.